The third kappa shape index (κ3) is 5.82. The molecule has 2 aliphatic rings. The van der Waals surface area contributed by atoms with Crippen molar-refractivity contribution in [1.29, 1.82) is 0 Å². The van der Waals surface area contributed by atoms with Gasteiger partial charge < -0.3 is 4.74 Å². The van der Waals surface area contributed by atoms with Gasteiger partial charge in [0, 0.05) is 5.56 Å². The van der Waals surface area contributed by atoms with E-state index < -0.39 is 23.3 Å². The second kappa shape index (κ2) is 11.5. The van der Waals surface area contributed by atoms with Crippen molar-refractivity contribution < 1.29 is 22.3 Å². The SMILES string of the molecule is C=CCOc1ccc(/C=C/C2CCC(c3ccc(C4CCC(C)CC4)c(F)c3F)CC2)c(F)c1F. The maximum atomic E-state index is 15.1. The smallest absolute Gasteiger partial charge is 0.201 e. The van der Waals surface area contributed by atoms with Gasteiger partial charge in [0.25, 0.3) is 0 Å². The first-order valence-corrected chi connectivity index (χ1v) is 12.8. The van der Waals surface area contributed by atoms with Crippen LogP contribution in [0.3, 0.4) is 0 Å². The summed E-state index contributed by atoms with van der Waals surface area (Å²) in [6.07, 6.45) is 12.0. The molecule has 0 saturated heterocycles. The normalized spacial score (nSPS) is 25.1. The quantitative estimate of drug-likeness (QED) is 0.280. The van der Waals surface area contributed by atoms with Crippen molar-refractivity contribution in [3.8, 4) is 5.75 Å². The van der Waals surface area contributed by atoms with Crippen LogP contribution in [0.2, 0.25) is 0 Å². The summed E-state index contributed by atoms with van der Waals surface area (Å²) in [5, 5.41) is 0. The van der Waals surface area contributed by atoms with E-state index in [0.717, 1.165) is 51.4 Å². The highest BCUT2D eigenvalue weighted by molar-refractivity contribution is 5.52. The number of hydrogen-bond donors (Lipinski definition) is 0. The lowest BCUT2D eigenvalue weighted by atomic mass is 9.76. The summed E-state index contributed by atoms with van der Waals surface area (Å²) in [6.45, 7) is 5.81. The maximum Gasteiger partial charge on any atom is 0.201 e. The van der Waals surface area contributed by atoms with Gasteiger partial charge in [-0.2, -0.15) is 4.39 Å². The summed E-state index contributed by atoms with van der Waals surface area (Å²) in [5.41, 5.74) is 1.17. The van der Waals surface area contributed by atoms with E-state index in [1.807, 2.05) is 6.08 Å². The molecule has 0 N–H and O–H groups in total. The number of ether oxygens (including phenoxy) is 1. The molecule has 2 aliphatic carbocycles. The molecule has 2 aromatic rings. The van der Waals surface area contributed by atoms with Gasteiger partial charge in [0.1, 0.15) is 6.61 Å². The zero-order chi connectivity index (χ0) is 24.9. The second-order valence-electron chi connectivity index (χ2n) is 10.2. The molecule has 0 heterocycles. The Labute approximate surface area is 205 Å². The zero-order valence-corrected chi connectivity index (χ0v) is 20.3. The van der Waals surface area contributed by atoms with E-state index >= 15 is 4.39 Å². The molecule has 0 radical (unpaired) electrons. The first-order chi connectivity index (χ1) is 16.9. The van der Waals surface area contributed by atoms with Crippen LogP contribution in [0.1, 0.15) is 86.8 Å². The minimum Gasteiger partial charge on any atom is -0.486 e. The van der Waals surface area contributed by atoms with Crippen LogP contribution in [-0.2, 0) is 0 Å². The Morgan fingerprint density at radius 3 is 1.91 bits per heavy atom. The largest absolute Gasteiger partial charge is 0.486 e. The first kappa shape index (κ1) is 25.5. The van der Waals surface area contributed by atoms with Crippen LogP contribution >= 0.6 is 0 Å². The number of hydrogen-bond acceptors (Lipinski definition) is 1. The van der Waals surface area contributed by atoms with E-state index in [9.17, 15) is 13.2 Å². The molecule has 2 aromatic carbocycles. The Hall–Kier alpha value is -2.56. The fourth-order valence-electron chi connectivity index (χ4n) is 5.58. The van der Waals surface area contributed by atoms with E-state index in [0.29, 0.717) is 17.0 Å². The van der Waals surface area contributed by atoms with Gasteiger partial charge in [-0.25, -0.2) is 13.2 Å². The van der Waals surface area contributed by atoms with Gasteiger partial charge in [0.05, 0.1) is 0 Å². The predicted molar refractivity (Wildman–Crippen MR) is 133 cm³/mol. The van der Waals surface area contributed by atoms with Gasteiger partial charge in [-0.3, -0.25) is 0 Å². The molecule has 0 aromatic heterocycles. The topological polar surface area (TPSA) is 9.23 Å². The summed E-state index contributed by atoms with van der Waals surface area (Å²) in [6, 6.07) is 6.50. The molecule has 0 spiro atoms. The standard InChI is InChI=1S/C30H34F4O/c1-3-18-35-26-17-14-23(27(31)30(26)34)13-8-20-6-11-22(12-7-20)25-16-15-24(28(32)29(25)33)21-9-4-19(2)5-10-21/h3,8,13-17,19-22H,1,4-7,9-12,18H2,2H3/b13-8+. The van der Waals surface area contributed by atoms with Gasteiger partial charge in [0.2, 0.25) is 5.82 Å². The lowest BCUT2D eigenvalue weighted by molar-refractivity contribution is 0.332. The molecule has 4 rings (SSSR count). The lowest BCUT2D eigenvalue weighted by Gasteiger charge is -2.29. The average molecular weight is 487 g/mol. The van der Waals surface area contributed by atoms with Crippen LogP contribution in [0.25, 0.3) is 6.08 Å². The molecular formula is C30H34F4O. The van der Waals surface area contributed by atoms with Crippen LogP contribution in [-0.4, -0.2) is 6.61 Å². The van der Waals surface area contributed by atoms with E-state index in [1.54, 1.807) is 18.2 Å². The first-order valence-electron chi connectivity index (χ1n) is 12.8. The second-order valence-corrected chi connectivity index (χ2v) is 10.2. The lowest BCUT2D eigenvalue weighted by Crippen LogP contribution is -2.16. The van der Waals surface area contributed by atoms with Crippen molar-refractivity contribution in [2.24, 2.45) is 11.8 Å². The molecule has 0 bridgehead atoms. The van der Waals surface area contributed by atoms with E-state index in [-0.39, 0.29) is 35.7 Å². The Kier molecular flexibility index (Phi) is 8.35. The van der Waals surface area contributed by atoms with Gasteiger partial charge in [-0.05, 0) is 85.5 Å². The summed E-state index contributed by atoms with van der Waals surface area (Å²) in [7, 11) is 0. The van der Waals surface area contributed by atoms with Crippen LogP contribution < -0.4 is 4.74 Å². The third-order valence-electron chi connectivity index (χ3n) is 7.79. The molecule has 0 amide bonds. The molecule has 1 nitrogen and oxygen atoms in total. The van der Waals surface area contributed by atoms with Crippen molar-refractivity contribution in [3.63, 3.8) is 0 Å². The zero-order valence-electron chi connectivity index (χ0n) is 20.3. The third-order valence-corrected chi connectivity index (χ3v) is 7.79. The number of rotatable bonds is 7. The molecule has 0 atom stereocenters. The van der Waals surface area contributed by atoms with E-state index in [1.165, 1.54) is 18.2 Å². The Balaban J connectivity index is 1.37. The number of allylic oxidation sites excluding steroid dienone is 1. The fraction of sp³-hybridized carbons (Fsp3) is 0.467. The molecule has 5 heteroatoms. The predicted octanol–water partition coefficient (Wildman–Crippen LogP) is 9.09. The molecule has 2 fully saturated rings. The van der Waals surface area contributed by atoms with Crippen molar-refractivity contribution in [1.82, 2.24) is 0 Å². The highest BCUT2D eigenvalue weighted by Gasteiger charge is 2.28. The fourth-order valence-corrected chi connectivity index (χ4v) is 5.58. The van der Waals surface area contributed by atoms with Gasteiger partial charge >= 0.3 is 0 Å². The van der Waals surface area contributed by atoms with Gasteiger partial charge in [-0.15, -0.1) is 0 Å². The Bertz CT molecular complexity index is 1060. The van der Waals surface area contributed by atoms with Crippen LogP contribution in [0.5, 0.6) is 5.75 Å². The number of halogens is 4. The molecule has 35 heavy (non-hydrogen) atoms. The van der Waals surface area contributed by atoms with Crippen molar-refractivity contribution in [2.75, 3.05) is 6.61 Å². The maximum absolute atomic E-state index is 15.1. The molecule has 0 unspecified atom stereocenters. The van der Waals surface area contributed by atoms with E-state index in [4.69, 9.17) is 4.74 Å². The summed E-state index contributed by atoms with van der Waals surface area (Å²) >= 11 is 0. The minimum atomic E-state index is -1.01. The highest BCUT2D eigenvalue weighted by atomic mass is 19.2. The Morgan fingerprint density at radius 1 is 0.771 bits per heavy atom. The monoisotopic (exact) mass is 486 g/mol. The number of benzene rings is 2. The summed E-state index contributed by atoms with van der Waals surface area (Å²) < 4.78 is 63.7. The van der Waals surface area contributed by atoms with Crippen molar-refractivity contribution in [2.45, 2.75) is 70.1 Å². The Morgan fingerprint density at radius 2 is 1.34 bits per heavy atom. The molecule has 0 aliphatic heterocycles. The molecule has 2 saturated carbocycles. The van der Waals surface area contributed by atoms with Crippen LogP contribution in [0.15, 0.2) is 43.0 Å². The van der Waals surface area contributed by atoms with Crippen molar-refractivity contribution in [3.05, 3.63) is 83.0 Å². The van der Waals surface area contributed by atoms with E-state index in [2.05, 4.69) is 13.5 Å². The average Bonchev–Trinajstić information content (AvgIpc) is 2.87. The molecule has 188 valence electrons. The molecular weight excluding hydrogens is 452 g/mol. The van der Waals surface area contributed by atoms with Crippen molar-refractivity contribution >= 4 is 6.08 Å². The summed E-state index contributed by atoms with van der Waals surface area (Å²) in [5.74, 6) is -2.51. The summed E-state index contributed by atoms with van der Waals surface area (Å²) in [4.78, 5) is 0. The van der Waals surface area contributed by atoms with Gasteiger partial charge in [-0.1, -0.05) is 56.7 Å². The van der Waals surface area contributed by atoms with Crippen LogP contribution in [0.4, 0.5) is 17.6 Å². The minimum absolute atomic E-state index is 0.0231. The van der Waals surface area contributed by atoms with Crippen LogP contribution in [0, 0.1) is 35.1 Å². The highest BCUT2D eigenvalue weighted by Crippen LogP contribution is 2.41. The van der Waals surface area contributed by atoms with Gasteiger partial charge in [0.15, 0.2) is 23.2 Å².